The number of unbranched alkanes of at least 4 members (excludes halogenated alkanes) is 3. The number of anilines is 1. The molecule has 0 saturated carbocycles. The fourth-order valence-electron chi connectivity index (χ4n) is 4.84. The summed E-state index contributed by atoms with van der Waals surface area (Å²) in [4.78, 5) is 29.2. The van der Waals surface area contributed by atoms with Crippen LogP contribution in [0.1, 0.15) is 84.7 Å². The number of carbonyl (C=O) groups is 1. The van der Waals surface area contributed by atoms with Crippen molar-refractivity contribution in [1.82, 2.24) is 10.2 Å². The third-order valence-electron chi connectivity index (χ3n) is 6.73. The predicted octanol–water partition coefficient (Wildman–Crippen LogP) is 6.86. The first-order valence-corrected chi connectivity index (χ1v) is 14.1. The maximum atomic E-state index is 13.8. The number of hydrogen-bond donors (Lipinski definition) is 0. The van der Waals surface area contributed by atoms with E-state index < -0.39 is 6.04 Å². The molecule has 0 radical (unpaired) electrons. The van der Waals surface area contributed by atoms with E-state index in [0.29, 0.717) is 34.2 Å². The van der Waals surface area contributed by atoms with E-state index in [-0.39, 0.29) is 17.1 Å². The van der Waals surface area contributed by atoms with Gasteiger partial charge in [0.2, 0.25) is 10.9 Å². The lowest BCUT2D eigenvalue weighted by Gasteiger charge is -2.22. The van der Waals surface area contributed by atoms with Gasteiger partial charge in [0.1, 0.15) is 16.3 Å². The molecule has 0 N–H and O–H groups in total. The minimum absolute atomic E-state index is 0.0632. The van der Waals surface area contributed by atoms with Crippen LogP contribution in [0.3, 0.4) is 0 Å². The molecule has 8 heteroatoms. The molecule has 198 valence electrons. The molecule has 4 aromatic rings. The van der Waals surface area contributed by atoms with Gasteiger partial charge in [0.25, 0.3) is 5.91 Å². The normalized spacial score (nSPS) is 15.0. The second kappa shape index (κ2) is 11.1. The molecule has 1 unspecified atom stereocenters. The molecule has 0 fully saturated rings. The van der Waals surface area contributed by atoms with E-state index in [9.17, 15) is 9.59 Å². The van der Waals surface area contributed by atoms with Gasteiger partial charge in [-0.25, -0.2) is 0 Å². The summed E-state index contributed by atoms with van der Waals surface area (Å²) in [7, 11) is 0. The summed E-state index contributed by atoms with van der Waals surface area (Å²) in [5, 5.41) is 10.5. The van der Waals surface area contributed by atoms with Crippen LogP contribution in [0.2, 0.25) is 0 Å². The summed E-state index contributed by atoms with van der Waals surface area (Å²) in [5.74, 6) is 0.850. The fraction of sp³-hybridized carbons (Fsp3) is 0.400. The number of rotatable bonds is 10. The monoisotopic (exact) mass is 531 g/mol. The van der Waals surface area contributed by atoms with Gasteiger partial charge in [-0.05, 0) is 49.1 Å². The Morgan fingerprint density at radius 2 is 1.84 bits per heavy atom. The molecule has 7 nitrogen and oxygen atoms in total. The number of hydrogen-bond acceptors (Lipinski definition) is 7. The van der Waals surface area contributed by atoms with E-state index >= 15 is 0 Å². The second-order valence-electron chi connectivity index (χ2n) is 10.3. The fourth-order valence-corrected chi connectivity index (χ4v) is 5.92. The average Bonchev–Trinajstić information content (AvgIpc) is 3.46. The Hall–Kier alpha value is -3.52. The van der Waals surface area contributed by atoms with Crippen LogP contribution in [0.4, 0.5) is 5.13 Å². The zero-order valence-electron chi connectivity index (χ0n) is 22.3. The van der Waals surface area contributed by atoms with Crippen LogP contribution in [0.25, 0.3) is 11.0 Å². The molecule has 3 heterocycles. The van der Waals surface area contributed by atoms with Crippen molar-refractivity contribution in [3.05, 3.63) is 80.1 Å². The highest BCUT2D eigenvalue weighted by Gasteiger charge is 2.45. The van der Waals surface area contributed by atoms with Crippen molar-refractivity contribution in [2.45, 2.75) is 65.8 Å². The van der Waals surface area contributed by atoms with E-state index in [1.807, 2.05) is 43.3 Å². The molecule has 2 aromatic heterocycles. The van der Waals surface area contributed by atoms with Crippen molar-refractivity contribution in [2.75, 3.05) is 11.5 Å². The van der Waals surface area contributed by atoms with E-state index in [2.05, 4.69) is 31.0 Å². The van der Waals surface area contributed by atoms with Crippen LogP contribution >= 0.6 is 11.3 Å². The van der Waals surface area contributed by atoms with Gasteiger partial charge >= 0.3 is 0 Å². The van der Waals surface area contributed by atoms with Crippen molar-refractivity contribution in [1.29, 1.82) is 0 Å². The van der Waals surface area contributed by atoms with E-state index in [1.54, 1.807) is 11.0 Å². The topological polar surface area (TPSA) is 85.5 Å². The van der Waals surface area contributed by atoms with Crippen molar-refractivity contribution >= 4 is 33.3 Å². The molecular formula is C30H33N3O4S. The van der Waals surface area contributed by atoms with Crippen LogP contribution in [-0.4, -0.2) is 22.7 Å². The Kier molecular flexibility index (Phi) is 7.61. The molecule has 0 aliphatic carbocycles. The molecule has 1 aliphatic heterocycles. The van der Waals surface area contributed by atoms with Gasteiger partial charge in [-0.3, -0.25) is 14.5 Å². The number of fused-ring (bicyclic) bond motifs is 2. The van der Waals surface area contributed by atoms with Crippen molar-refractivity contribution in [2.24, 2.45) is 5.92 Å². The van der Waals surface area contributed by atoms with Crippen LogP contribution in [-0.2, 0) is 6.42 Å². The standard InChI is InChI=1S/C30H33N3O4S/c1-5-6-7-8-15-36-21-12-10-20(11-13-21)26-25-27(34)22-17-19(4)9-14-23(22)37-28(25)29(35)33(26)30-32-31-24(38-30)16-18(2)3/h9-14,17-18,26H,5-8,15-16H2,1-4H3. The molecule has 1 amide bonds. The highest BCUT2D eigenvalue weighted by atomic mass is 32.1. The summed E-state index contributed by atoms with van der Waals surface area (Å²) >= 11 is 1.38. The first kappa shape index (κ1) is 26.1. The number of carbonyl (C=O) groups excluding carboxylic acids is 1. The van der Waals surface area contributed by atoms with Gasteiger partial charge < -0.3 is 9.15 Å². The second-order valence-corrected chi connectivity index (χ2v) is 11.3. The highest BCUT2D eigenvalue weighted by Crippen LogP contribution is 2.42. The Balaban J connectivity index is 1.55. The average molecular weight is 532 g/mol. The minimum atomic E-state index is -0.669. The van der Waals surface area contributed by atoms with Gasteiger partial charge in [0.05, 0.1) is 23.6 Å². The maximum absolute atomic E-state index is 13.8. The molecule has 1 aliphatic rings. The summed E-state index contributed by atoms with van der Waals surface area (Å²) in [6, 6.07) is 12.4. The lowest BCUT2D eigenvalue weighted by atomic mass is 9.98. The minimum Gasteiger partial charge on any atom is -0.494 e. The van der Waals surface area contributed by atoms with Gasteiger partial charge in [-0.15, -0.1) is 10.2 Å². The van der Waals surface area contributed by atoms with Gasteiger partial charge in [0, 0.05) is 6.42 Å². The summed E-state index contributed by atoms with van der Waals surface area (Å²) in [6.07, 6.45) is 5.31. The van der Waals surface area contributed by atoms with Crippen molar-refractivity contribution < 1.29 is 13.9 Å². The van der Waals surface area contributed by atoms with Crippen LogP contribution in [0, 0.1) is 12.8 Å². The zero-order valence-corrected chi connectivity index (χ0v) is 23.1. The van der Waals surface area contributed by atoms with Gasteiger partial charge in [-0.2, -0.15) is 0 Å². The van der Waals surface area contributed by atoms with E-state index in [1.165, 1.54) is 24.2 Å². The van der Waals surface area contributed by atoms with E-state index in [0.717, 1.165) is 41.1 Å². The van der Waals surface area contributed by atoms with Crippen molar-refractivity contribution in [3.63, 3.8) is 0 Å². The van der Waals surface area contributed by atoms with E-state index in [4.69, 9.17) is 9.15 Å². The van der Waals surface area contributed by atoms with Crippen LogP contribution < -0.4 is 15.1 Å². The predicted molar refractivity (Wildman–Crippen MR) is 150 cm³/mol. The number of benzene rings is 2. The van der Waals surface area contributed by atoms with Gasteiger partial charge in [-0.1, -0.05) is 75.1 Å². The largest absolute Gasteiger partial charge is 0.494 e. The van der Waals surface area contributed by atoms with Crippen molar-refractivity contribution in [3.8, 4) is 5.75 Å². The third-order valence-corrected chi connectivity index (χ3v) is 7.68. The SMILES string of the molecule is CCCCCCOc1ccc(C2c3c(oc4ccc(C)cc4c3=O)C(=O)N2c2nnc(CC(C)C)s2)cc1. The Morgan fingerprint density at radius 3 is 2.58 bits per heavy atom. The first-order valence-electron chi connectivity index (χ1n) is 13.3. The molecule has 0 bridgehead atoms. The van der Waals surface area contributed by atoms with Crippen LogP contribution in [0.5, 0.6) is 5.75 Å². The molecular weight excluding hydrogens is 498 g/mol. The maximum Gasteiger partial charge on any atom is 0.297 e. The highest BCUT2D eigenvalue weighted by molar-refractivity contribution is 7.15. The number of aromatic nitrogens is 2. The number of ether oxygens (including phenoxy) is 1. The molecule has 38 heavy (non-hydrogen) atoms. The quantitative estimate of drug-likeness (QED) is 0.208. The lowest BCUT2D eigenvalue weighted by molar-refractivity contribution is 0.0970. The zero-order chi connectivity index (χ0) is 26.8. The van der Waals surface area contributed by atoms with Gasteiger partial charge in [0.15, 0.2) is 5.43 Å². The molecule has 1 atom stereocenters. The molecule has 0 saturated heterocycles. The molecule has 2 aromatic carbocycles. The Morgan fingerprint density at radius 1 is 1.05 bits per heavy atom. The Bertz CT molecular complexity index is 1510. The lowest BCUT2D eigenvalue weighted by Crippen LogP contribution is -2.29. The summed E-state index contributed by atoms with van der Waals surface area (Å²) < 4.78 is 12.0. The summed E-state index contributed by atoms with van der Waals surface area (Å²) in [6.45, 7) is 9.01. The van der Waals surface area contributed by atoms with Crippen LogP contribution in [0.15, 0.2) is 51.7 Å². The smallest absolute Gasteiger partial charge is 0.297 e. The molecule has 5 rings (SSSR count). The first-order chi connectivity index (χ1) is 18.4. The third kappa shape index (κ3) is 5.10. The Labute approximate surface area is 226 Å². The number of aryl methyl sites for hydroxylation is 1. The number of amides is 1. The number of nitrogens with zero attached hydrogens (tertiary/aromatic N) is 3. The molecule has 0 spiro atoms. The summed E-state index contributed by atoms with van der Waals surface area (Å²) in [5.41, 5.74) is 2.27.